The lowest BCUT2D eigenvalue weighted by Gasteiger charge is -2.06. The van der Waals surface area contributed by atoms with Crippen LogP contribution in [0.25, 0.3) is 10.9 Å². The summed E-state index contributed by atoms with van der Waals surface area (Å²) in [6.07, 6.45) is 0. The third-order valence-corrected chi connectivity index (χ3v) is 2.33. The first-order valence-corrected chi connectivity index (χ1v) is 4.59. The van der Waals surface area contributed by atoms with Crippen molar-refractivity contribution >= 4 is 10.9 Å². The number of benzene rings is 1. The average molecular weight is 207 g/mol. The third kappa shape index (κ3) is 1.29. The number of rotatable bonds is 3. The Balaban J connectivity index is 2.82. The molecule has 0 spiro atoms. The van der Waals surface area contributed by atoms with Crippen molar-refractivity contribution in [2.24, 2.45) is 0 Å². The van der Waals surface area contributed by atoms with Crippen LogP contribution in [0.4, 0.5) is 0 Å². The second kappa shape index (κ2) is 3.73. The van der Waals surface area contributed by atoms with Crippen molar-refractivity contribution in [2.75, 3.05) is 21.3 Å². The fraction of sp³-hybridized carbons (Fsp3) is 0.273. The monoisotopic (exact) mass is 207 g/mol. The van der Waals surface area contributed by atoms with Gasteiger partial charge in [0.2, 0.25) is 0 Å². The molecule has 4 heteroatoms. The molecule has 0 saturated heterocycles. The van der Waals surface area contributed by atoms with Crippen molar-refractivity contribution in [3.63, 3.8) is 0 Å². The van der Waals surface area contributed by atoms with E-state index in [-0.39, 0.29) is 0 Å². The zero-order chi connectivity index (χ0) is 10.8. The standard InChI is InChI=1S/C11H13NO3/c1-13-10-8-6-4-5-7-9(8)12(15-3)11(10)14-2/h4-7H,1-3H3. The van der Waals surface area contributed by atoms with Crippen LogP contribution in [0.5, 0.6) is 11.6 Å². The zero-order valence-electron chi connectivity index (χ0n) is 8.98. The molecule has 1 aromatic carbocycles. The van der Waals surface area contributed by atoms with Gasteiger partial charge in [-0.1, -0.05) is 12.1 Å². The maximum atomic E-state index is 5.31. The van der Waals surface area contributed by atoms with E-state index in [9.17, 15) is 0 Å². The molecule has 0 fully saturated rings. The Kier molecular flexibility index (Phi) is 2.41. The van der Waals surface area contributed by atoms with Crippen LogP contribution < -0.4 is 14.3 Å². The van der Waals surface area contributed by atoms with E-state index in [1.165, 1.54) is 0 Å². The minimum Gasteiger partial charge on any atom is -0.491 e. The Hall–Kier alpha value is -1.84. The normalized spacial score (nSPS) is 10.3. The van der Waals surface area contributed by atoms with Crippen molar-refractivity contribution in [3.8, 4) is 11.6 Å². The first-order valence-electron chi connectivity index (χ1n) is 4.59. The molecule has 0 saturated carbocycles. The van der Waals surface area contributed by atoms with Crippen molar-refractivity contribution < 1.29 is 14.3 Å². The van der Waals surface area contributed by atoms with Crippen LogP contribution in [0.3, 0.4) is 0 Å². The smallest absolute Gasteiger partial charge is 0.271 e. The molecule has 0 N–H and O–H groups in total. The van der Waals surface area contributed by atoms with Gasteiger partial charge in [-0.05, 0) is 12.1 Å². The number of nitrogens with zero attached hydrogens (tertiary/aromatic N) is 1. The van der Waals surface area contributed by atoms with Gasteiger partial charge < -0.3 is 14.3 Å². The number of hydrogen-bond acceptors (Lipinski definition) is 3. The van der Waals surface area contributed by atoms with Crippen molar-refractivity contribution in [3.05, 3.63) is 24.3 Å². The lowest BCUT2D eigenvalue weighted by atomic mass is 10.2. The summed E-state index contributed by atoms with van der Waals surface area (Å²) in [6, 6.07) is 7.80. The van der Waals surface area contributed by atoms with Gasteiger partial charge in [0.05, 0.1) is 19.7 Å². The quantitative estimate of drug-likeness (QED) is 0.768. The van der Waals surface area contributed by atoms with Gasteiger partial charge in [-0.2, -0.15) is 0 Å². The topological polar surface area (TPSA) is 32.6 Å². The summed E-state index contributed by atoms with van der Waals surface area (Å²) in [4.78, 5) is 5.24. The van der Waals surface area contributed by atoms with E-state index < -0.39 is 0 Å². The van der Waals surface area contributed by atoms with E-state index in [0.29, 0.717) is 11.6 Å². The molecular formula is C11H13NO3. The Morgan fingerprint density at radius 1 is 1.00 bits per heavy atom. The third-order valence-electron chi connectivity index (χ3n) is 2.33. The highest BCUT2D eigenvalue weighted by Gasteiger charge is 2.18. The maximum absolute atomic E-state index is 5.31. The molecule has 4 nitrogen and oxygen atoms in total. The van der Waals surface area contributed by atoms with E-state index in [4.69, 9.17) is 14.3 Å². The summed E-state index contributed by atoms with van der Waals surface area (Å²) in [7, 11) is 4.80. The first-order chi connectivity index (χ1) is 7.33. The molecule has 2 aromatic rings. The van der Waals surface area contributed by atoms with Crippen LogP contribution in [0.15, 0.2) is 24.3 Å². The highest BCUT2D eigenvalue weighted by molar-refractivity contribution is 5.89. The molecule has 0 bridgehead atoms. The first kappa shape index (κ1) is 9.71. The molecule has 0 atom stereocenters. The number of methoxy groups -OCH3 is 2. The number of aromatic nitrogens is 1. The van der Waals surface area contributed by atoms with Crippen molar-refractivity contribution in [1.82, 2.24) is 4.73 Å². The summed E-state index contributed by atoms with van der Waals surface area (Å²) >= 11 is 0. The summed E-state index contributed by atoms with van der Waals surface area (Å²) in [6.45, 7) is 0. The molecule has 80 valence electrons. The fourth-order valence-corrected chi connectivity index (χ4v) is 1.71. The summed E-state index contributed by atoms with van der Waals surface area (Å²) in [5.74, 6) is 1.26. The lowest BCUT2D eigenvalue weighted by Crippen LogP contribution is -2.07. The lowest BCUT2D eigenvalue weighted by molar-refractivity contribution is 0.146. The predicted molar refractivity (Wildman–Crippen MR) is 57.5 cm³/mol. The Morgan fingerprint density at radius 3 is 2.33 bits per heavy atom. The van der Waals surface area contributed by atoms with Gasteiger partial charge in [-0.15, -0.1) is 4.73 Å². The van der Waals surface area contributed by atoms with E-state index in [0.717, 1.165) is 10.9 Å². The highest BCUT2D eigenvalue weighted by Crippen LogP contribution is 2.37. The molecule has 0 amide bonds. The van der Waals surface area contributed by atoms with Gasteiger partial charge in [-0.3, -0.25) is 0 Å². The predicted octanol–water partition coefficient (Wildman–Crippen LogP) is 1.72. The Labute approximate surface area is 87.9 Å². The van der Waals surface area contributed by atoms with Gasteiger partial charge in [0.1, 0.15) is 7.11 Å². The largest absolute Gasteiger partial charge is 0.491 e. The van der Waals surface area contributed by atoms with E-state index in [1.54, 1.807) is 26.1 Å². The number of hydrogen-bond donors (Lipinski definition) is 0. The summed E-state index contributed by atoms with van der Waals surface area (Å²) in [5.41, 5.74) is 0.925. The molecule has 0 aliphatic rings. The van der Waals surface area contributed by atoms with Gasteiger partial charge in [0, 0.05) is 5.39 Å². The number of ether oxygens (including phenoxy) is 2. The Morgan fingerprint density at radius 2 is 1.73 bits per heavy atom. The van der Waals surface area contributed by atoms with Crippen LogP contribution >= 0.6 is 0 Å². The van der Waals surface area contributed by atoms with Crippen LogP contribution in [-0.2, 0) is 0 Å². The van der Waals surface area contributed by atoms with E-state index in [1.807, 2.05) is 24.3 Å². The molecule has 0 unspecified atom stereocenters. The molecule has 2 rings (SSSR count). The van der Waals surface area contributed by atoms with Crippen LogP contribution in [0.2, 0.25) is 0 Å². The summed E-state index contributed by atoms with van der Waals surface area (Å²) in [5, 5.41) is 0.971. The van der Waals surface area contributed by atoms with Gasteiger partial charge >= 0.3 is 0 Å². The molecule has 1 aromatic heterocycles. The minimum atomic E-state index is 0.571. The number of para-hydroxylation sites is 1. The van der Waals surface area contributed by atoms with Crippen LogP contribution in [-0.4, -0.2) is 26.1 Å². The summed E-state index contributed by atoms with van der Waals surface area (Å²) < 4.78 is 12.2. The second-order valence-electron chi connectivity index (χ2n) is 3.04. The van der Waals surface area contributed by atoms with Crippen LogP contribution in [0, 0.1) is 0 Å². The molecule has 0 aliphatic carbocycles. The van der Waals surface area contributed by atoms with E-state index >= 15 is 0 Å². The molecule has 0 radical (unpaired) electrons. The van der Waals surface area contributed by atoms with Gasteiger partial charge in [0.15, 0.2) is 5.75 Å². The second-order valence-corrected chi connectivity index (χ2v) is 3.04. The van der Waals surface area contributed by atoms with Gasteiger partial charge in [0.25, 0.3) is 5.88 Å². The fourth-order valence-electron chi connectivity index (χ4n) is 1.71. The minimum absolute atomic E-state index is 0.571. The zero-order valence-corrected chi connectivity index (χ0v) is 8.98. The maximum Gasteiger partial charge on any atom is 0.271 e. The molecular weight excluding hydrogens is 194 g/mol. The molecule has 0 aliphatic heterocycles. The number of fused-ring (bicyclic) bond motifs is 1. The molecule has 15 heavy (non-hydrogen) atoms. The van der Waals surface area contributed by atoms with Crippen LogP contribution in [0.1, 0.15) is 0 Å². The van der Waals surface area contributed by atoms with Crippen molar-refractivity contribution in [2.45, 2.75) is 0 Å². The van der Waals surface area contributed by atoms with Gasteiger partial charge in [-0.25, -0.2) is 0 Å². The highest BCUT2D eigenvalue weighted by atomic mass is 16.7. The van der Waals surface area contributed by atoms with E-state index in [2.05, 4.69) is 0 Å². The van der Waals surface area contributed by atoms with Crippen molar-refractivity contribution in [1.29, 1.82) is 0 Å². The molecule has 1 heterocycles. The SMILES string of the molecule is COc1c(OC)n(OC)c2ccccc12. The average Bonchev–Trinajstić information content (AvgIpc) is 2.61. The Bertz CT molecular complexity index is 435.